The smallest absolute Gasteiger partial charge is 0.260 e. The van der Waals surface area contributed by atoms with Crippen LogP contribution in [0.25, 0.3) is 33.3 Å². The molecule has 2 aromatic carbocycles. The second-order valence-corrected chi connectivity index (χ2v) is 5.23. The number of pyridine rings is 1. The summed E-state index contributed by atoms with van der Waals surface area (Å²) in [5, 5.41) is 1.54. The van der Waals surface area contributed by atoms with Gasteiger partial charge in [-0.1, -0.05) is 48.5 Å². The highest BCUT2D eigenvalue weighted by Crippen LogP contribution is 2.23. The Morgan fingerprint density at radius 3 is 2.45 bits per heavy atom. The van der Waals surface area contributed by atoms with Gasteiger partial charge >= 0.3 is 0 Å². The van der Waals surface area contributed by atoms with E-state index in [1.165, 1.54) is 0 Å². The van der Waals surface area contributed by atoms with Crippen molar-refractivity contribution in [2.45, 2.75) is 6.92 Å². The lowest BCUT2D eigenvalue weighted by atomic mass is 10.1. The molecule has 2 heterocycles. The summed E-state index contributed by atoms with van der Waals surface area (Å²) in [6.07, 6.45) is 0. The monoisotopic (exact) mass is 287 g/mol. The molecule has 4 rings (SSSR count). The van der Waals surface area contributed by atoms with Crippen LogP contribution in [0.3, 0.4) is 0 Å². The van der Waals surface area contributed by atoms with Gasteiger partial charge in [0, 0.05) is 10.9 Å². The van der Waals surface area contributed by atoms with Crippen LogP contribution in [0.4, 0.5) is 0 Å². The summed E-state index contributed by atoms with van der Waals surface area (Å²) in [4.78, 5) is 24.5. The Kier molecular flexibility index (Phi) is 2.76. The van der Waals surface area contributed by atoms with E-state index in [-0.39, 0.29) is 5.56 Å². The Morgan fingerprint density at radius 1 is 0.909 bits per heavy atom. The van der Waals surface area contributed by atoms with Crippen LogP contribution in [0.2, 0.25) is 0 Å². The van der Waals surface area contributed by atoms with Gasteiger partial charge in [-0.3, -0.25) is 4.79 Å². The summed E-state index contributed by atoms with van der Waals surface area (Å²) in [5.74, 6) is 0.542. The summed E-state index contributed by atoms with van der Waals surface area (Å²) in [6.45, 7) is 1.94. The molecule has 4 heteroatoms. The second kappa shape index (κ2) is 4.77. The number of benzene rings is 2. The van der Waals surface area contributed by atoms with Gasteiger partial charge in [0.05, 0.1) is 10.9 Å². The molecule has 22 heavy (non-hydrogen) atoms. The number of aromatic nitrogens is 3. The summed E-state index contributed by atoms with van der Waals surface area (Å²) < 4.78 is 0. The maximum absolute atomic E-state index is 12.5. The number of fused-ring (bicyclic) bond motifs is 2. The summed E-state index contributed by atoms with van der Waals surface area (Å²) in [5.41, 5.74) is 2.96. The van der Waals surface area contributed by atoms with Gasteiger partial charge in [0.2, 0.25) is 0 Å². The zero-order valence-electron chi connectivity index (χ0n) is 12.0. The number of nitrogens with one attached hydrogen (secondary N) is 1. The van der Waals surface area contributed by atoms with E-state index in [4.69, 9.17) is 0 Å². The summed E-state index contributed by atoms with van der Waals surface area (Å²) in [7, 11) is 0. The standard InChI is InChI=1S/C18H13N3O/c1-11-13-9-5-6-10-14(13)19-17-15(11)18(22)21-16(20-17)12-7-3-2-4-8-12/h2-10H,1H3,(H,19,20,21,22). The van der Waals surface area contributed by atoms with Crippen molar-refractivity contribution >= 4 is 21.9 Å². The molecule has 0 atom stereocenters. The minimum atomic E-state index is -0.153. The SMILES string of the molecule is Cc1c2ccccc2nc2nc(-c3ccccc3)[nH]c(=O)c12. The van der Waals surface area contributed by atoms with Gasteiger partial charge < -0.3 is 4.98 Å². The first-order valence-corrected chi connectivity index (χ1v) is 7.09. The van der Waals surface area contributed by atoms with E-state index in [1.54, 1.807) is 0 Å². The van der Waals surface area contributed by atoms with Crippen molar-refractivity contribution in [1.29, 1.82) is 0 Å². The highest BCUT2D eigenvalue weighted by Gasteiger charge is 2.12. The number of nitrogens with zero attached hydrogens (tertiary/aromatic N) is 2. The summed E-state index contributed by atoms with van der Waals surface area (Å²) >= 11 is 0. The molecule has 2 aromatic heterocycles. The molecular formula is C18H13N3O. The number of hydrogen-bond donors (Lipinski definition) is 1. The van der Waals surface area contributed by atoms with Gasteiger partial charge in [0.25, 0.3) is 5.56 Å². The number of aromatic amines is 1. The van der Waals surface area contributed by atoms with Gasteiger partial charge in [-0.2, -0.15) is 0 Å². The maximum Gasteiger partial charge on any atom is 0.260 e. The van der Waals surface area contributed by atoms with Crippen LogP contribution in [0.5, 0.6) is 0 Å². The Morgan fingerprint density at radius 2 is 1.64 bits per heavy atom. The van der Waals surface area contributed by atoms with Crippen molar-refractivity contribution in [2.24, 2.45) is 0 Å². The Hall–Kier alpha value is -3.01. The fraction of sp³-hybridized carbons (Fsp3) is 0.0556. The Labute approximate surface area is 126 Å². The molecule has 0 amide bonds. The fourth-order valence-corrected chi connectivity index (χ4v) is 2.75. The van der Waals surface area contributed by atoms with Gasteiger partial charge in [0.15, 0.2) is 5.65 Å². The van der Waals surface area contributed by atoms with E-state index in [0.29, 0.717) is 16.9 Å². The Bertz CT molecular complexity index is 1050. The minimum absolute atomic E-state index is 0.153. The van der Waals surface area contributed by atoms with Crippen LogP contribution in [-0.2, 0) is 0 Å². The molecule has 0 aliphatic heterocycles. The quantitative estimate of drug-likeness (QED) is 0.545. The molecule has 0 saturated heterocycles. The van der Waals surface area contributed by atoms with E-state index in [2.05, 4.69) is 15.0 Å². The molecule has 0 aliphatic carbocycles. The number of para-hydroxylation sites is 1. The van der Waals surface area contributed by atoms with Crippen LogP contribution in [-0.4, -0.2) is 15.0 Å². The molecular weight excluding hydrogens is 274 g/mol. The average Bonchev–Trinajstić information content (AvgIpc) is 2.55. The molecule has 106 valence electrons. The molecule has 1 N–H and O–H groups in total. The van der Waals surface area contributed by atoms with Crippen LogP contribution in [0.1, 0.15) is 5.56 Å². The van der Waals surface area contributed by atoms with E-state index >= 15 is 0 Å². The van der Waals surface area contributed by atoms with Crippen molar-refractivity contribution in [2.75, 3.05) is 0 Å². The fourth-order valence-electron chi connectivity index (χ4n) is 2.75. The van der Waals surface area contributed by atoms with Gasteiger partial charge in [-0.15, -0.1) is 0 Å². The first-order chi connectivity index (χ1) is 10.7. The number of aryl methyl sites for hydroxylation is 1. The molecule has 4 aromatic rings. The van der Waals surface area contributed by atoms with Crippen molar-refractivity contribution < 1.29 is 0 Å². The highest BCUT2D eigenvalue weighted by atomic mass is 16.1. The average molecular weight is 287 g/mol. The lowest BCUT2D eigenvalue weighted by Crippen LogP contribution is -2.12. The number of H-pyrrole nitrogens is 1. The molecule has 0 fully saturated rings. The summed E-state index contributed by atoms with van der Waals surface area (Å²) in [6, 6.07) is 17.4. The predicted octanol–water partition coefficient (Wildman–Crippen LogP) is 3.45. The van der Waals surface area contributed by atoms with Crippen molar-refractivity contribution in [1.82, 2.24) is 15.0 Å². The molecule has 0 aliphatic rings. The third-order valence-corrected chi connectivity index (χ3v) is 3.86. The van der Waals surface area contributed by atoms with Crippen molar-refractivity contribution in [3.05, 3.63) is 70.5 Å². The topological polar surface area (TPSA) is 58.6 Å². The Balaban J connectivity index is 2.11. The molecule has 0 unspecified atom stereocenters. The van der Waals surface area contributed by atoms with E-state index in [1.807, 2.05) is 61.5 Å². The molecule has 4 nitrogen and oxygen atoms in total. The third kappa shape index (κ3) is 1.89. The zero-order valence-corrected chi connectivity index (χ0v) is 12.0. The lowest BCUT2D eigenvalue weighted by Gasteiger charge is -2.07. The van der Waals surface area contributed by atoms with E-state index < -0.39 is 0 Å². The number of hydrogen-bond acceptors (Lipinski definition) is 3. The molecule has 0 saturated carbocycles. The van der Waals surface area contributed by atoms with Crippen LogP contribution >= 0.6 is 0 Å². The molecule has 0 radical (unpaired) electrons. The minimum Gasteiger partial charge on any atom is -0.306 e. The first-order valence-electron chi connectivity index (χ1n) is 7.09. The van der Waals surface area contributed by atoms with Gasteiger partial charge in [-0.25, -0.2) is 9.97 Å². The van der Waals surface area contributed by atoms with Crippen LogP contribution in [0, 0.1) is 6.92 Å². The van der Waals surface area contributed by atoms with Gasteiger partial charge in [-0.05, 0) is 18.6 Å². The molecule has 0 bridgehead atoms. The second-order valence-electron chi connectivity index (χ2n) is 5.23. The van der Waals surface area contributed by atoms with Crippen LogP contribution in [0.15, 0.2) is 59.4 Å². The zero-order chi connectivity index (χ0) is 15.1. The highest BCUT2D eigenvalue weighted by molar-refractivity contribution is 5.95. The van der Waals surface area contributed by atoms with E-state index in [9.17, 15) is 4.79 Å². The largest absolute Gasteiger partial charge is 0.306 e. The van der Waals surface area contributed by atoms with E-state index in [0.717, 1.165) is 22.0 Å². The normalized spacial score (nSPS) is 11.1. The van der Waals surface area contributed by atoms with Gasteiger partial charge in [0.1, 0.15) is 5.82 Å². The molecule has 0 spiro atoms. The number of rotatable bonds is 1. The predicted molar refractivity (Wildman–Crippen MR) is 87.8 cm³/mol. The lowest BCUT2D eigenvalue weighted by molar-refractivity contribution is 1.15. The maximum atomic E-state index is 12.5. The third-order valence-electron chi connectivity index (χ3n) is 3.86. The van der Waals surface area contributed by atoms with Crippen LogP contribution < -0.4 is 5.56 Å². The first kappa shape index (κ1) is 12.7. The van der Waals surface area contributed by atoms with Crippen molar-refractivity contribution in [3.63, 3.8) is 0 Å². The van der Waals surface area contributed by atoms with Crippen molar-refractivity contribution in [3.8, 4) is 11.4 Å².